The number of rotatable bonds is 9. The van der Waals surface area contributed by atoms with Gasteiger partial charge in [-0.3, -0.25) is 9.59 Å². The van der Waals surface area contributed by atoms with E-state index in [9.17, 15) is 9.59 Å². The van der Waals surface area contributed by atoms with E-state index in [1.165, 1.54) is 0 Å². The third kappa shape index (κ3) is 8.57. The van der Waals surface area contributed by atoms with E-state index in [1.807, 2.05) is 19.9 Å². The highest BCUT2D eigenvalue weighted by atomic mass is 16.4. The number of amides is 1. The zero-order chi connectivity index (χ0) is 14.0. The average molecular weight is 254 g/mol. The standard InChI is InChI=1S/C13H22N2O3/c1-11(2)10-15(9-5-8-14)12(16)6-3-4-7-13(17)18/h11H,3-7,9-10H2,1-2H3,(H,17,18). The molecule has 0 aromatic carbocycles. The highest BCUT2D eigenvalue weighted by molar-refractivity contribution is 5.76. The fourth-order valence-corrected chi connectivity index (χ4v) is 1.65. The first-order chi connectivity index (χ1) is 8.47. The van der Waals surface area contributed by atoms with Crippen LogP contribution in [0.1, 0.15) is 46.0 Å². The van der Waals surface area contributed by atoms with Gasteiger partial charge in [0.25, 0.3) is 0 Å². The lowest BCUT2D eigenvalue weighted by molar-refractivity contribution is -0.137. The summed E-state index contributed by atoms with van der Waals surface area (Å²) in [5.74, 6) is -0.443. The smallest absolute Gasteiger partial charge is 0.303 e. The van der Waals surface area contributed by atoms with Gasteiger partial charge in [0.1, 0.15) is 0 Å². The molecule has 0 saturated heterocycles. The first kappa shape index (κ1) is 16.4. The number of unbranched alkanes of at least 4 members (excludes halogenated alkanes) is 1. The molecule has 1 amide bonds. The molecule has 1 N–H and O–H groups in total. The highest BCUT2D eigenvalue weighted by Gasteiger charge is 2.14. The van der Waals surface area contributed by atoms with Crippen molar-refractivity contribution >= 4 is 11.9 Å². The third-order valence-corrected chi connectivity index (χ3v) is 2.46. The molecular formula is C13H22N2O3. The lowest BCUT2D eigenvalue weighted by atomic mass is 10.1. The highest BCUT2D eigenvalue weighted by Crippen LogP contribution is 2.07. The normalized spacial score (nSPS) is 10.1. The van der Waals surface area contributed by atoms with E-state index in [2.05, 4.69) is 0 Å². The van der Waals surface area contributed by atoms with E-state index in [-0.39, 0.29) is 12.3 Å². The molecule has 0 atom stereocenters. The third-order valence-electron chi connectivity index (χ3n) is 2.46. The van der Waals surface area contributed by atoms with Gasteiger partial charge in [-0.2, -0.15) is 5.26 Å². The molecule has 5 nitrogen and oxygen atoms in total. The number of hydrogen-bond acceptors (Lipinski definition) is 3. The van der Waals surface area contributed by atoms with Crippen LogP contribution >= 0.6 is 0 Å². The maximum atomic E-state index is 11.9. The zero-order valence-corrected chi connectivity index (χ0v) is 11.2. The molecule has 0 radical (unpaired) electrons. The van der Waals surface area contributed by atoms with E-state index in [0.717, 1.165) is 0 Å². The molecule has 0 saturated carbocycles. The monoisotopic (exact) mass is 254 g/mol. The van der Waals surface area contributed by atoms with Crippen molar-refractivity contribution in [2.45, 2.75) is 46.0 Å². The van der Waals surface area contributed by atoms with Gasteiger partial charge >= 0.3 is 5.97 Å². The number of nitrogens with zero attached hydrogens (tertiary/aromatic N) is 2. The molecule has 0 aliphatic carbocycles. The number of carbonyl (C=O) groups excluding carboxylic acids is 1. The Morgan fingerprint density at radius 3 is 2.39 bits per heavy atom. The summed E-state index contributed by atoms with van der Waals surface area (Å²) in [5, 5.41) is 17.0. The van der Waals surface area contributed by atoms with Crippen LogP contribution in [0.2, 0.25) is 0 Å². The summed E-state index contributed by atoms with van der Waals surface area (Å²) in [6, 6.07) is 2.04. The quantitative estimate of drug-likeness (QED) is 0.638. The Kier molecular flexibility index (Phi) is 8.63. The van der Waals surface area contributed by atoms with Crippen molar-refractivity contribution in [1.29, 1.82) is 5.26 Å². The number of carbonyl (C=O) groups is 2. The maximum absolute atomic E-state index is 11.9. The van der Waals surface area contributed by atoms with Gasteiger partial charge in [0, 0.05) is 25.9 Å². The van der Waals surface area contributed by atoms with E-state index >= 15 is 0 Å². The molecule has 0 rings (SSSR count). The predicted molar refractivity (Wildman–Crippen MR) is 67.8 cm³/mol. The Labute approximate surface area is 108 Å². The second-order valence-electron chi connectivity index (χ2n) is 4.74. The van der Waals surface area contributed by atoms with Crippen LogP contribution in [0.4, 0.5) is 0 Å². The number of carboxylic acids is 1. The van der Waals surface area contributed by atoms with Gasteiger partial charge in [-0.15, -0.1) is 0 Å². The fourth-order valence-electron chi connectivity index (χ4n) is 1.65. The predicted octanol–water partition coefficient (Wildman–Crippen LogP) is 2.03. The largest absolute Gasteiger partial charge is 0.481 e. The molecule has 0 aromatic heterocycles. The van der Waals surface area contributed by atoms with Gasteiger partial charge in [-0.25, -0.2) is 0 Å². The Morgan fingerprint density at radius 1 is 1.28 bits per heavy atom. The fraction of sp³-hybridized carbons (Fsp3) is 0.769. The molecule has 0 aliphatic rings. The second-order valence-corrected chi connectivity index (χ2v) is 4.74. The van der Waals surface area contributed by atoms with Crippen LogP contribution in [0, 0.1) is 17.2 Å². The minimum atomic E-state index is -0.828. The number of hydrogen-bond donors (Lipinski definition) is 1. The molecule has 5 heteroatoms. The topological polar surface area (TPSA) is 81.4 Å². The molecular weight excluding hydrogens is 232 g/mol. The Morgan fingerprint density at radius 2 is 1.89 bits per heavy atom. The minimum Gasteiger partial charge on any atom is -0.481 e. The van der Waals surface area contributed by atoms with Crippen molar-refractivity contribution in [1.82, 2.24) is 4.90 Å². The molecule has 0 bridgehead atoms. The van der Waals surface area contributed by atoms with Crippen LogP contribution in [0.15, 0.2) is 0 Å². The number of nitriles is 1. The molecule has 0 aliphatic heterocycles. The molecule has 18 heavy (non-hydrogen) atoms. The average Bonchev–Trinajstić information content (AvgIpc) is 2.29. The van der Waals surface area contributed by atoms with Gasteiger partial charge < -0.3 is 10.0 Å². The molecule has 0 unspecified atom stereocenters. The Bertz CT molecular complexity index is 308. The first-order valence-electron chi connectivity index (χ1n) is 6.34. The molecule has 0 aromatic rings. The van der Waals surface area contributed by atoms with Crippen LogP contribution < -0.4 is 0 Å². The summed E-state index contributed by atoms with van der Waals surface area (Å²) in [4.78, 5) is 23.9. The van der Waals surface area contributed by atoms with Crippen molar-refractivity contribution in [2.75, 3.05) is 13.1 Å². The summed E-state index contributed by atoms with van der Waals surface area (Å²) in [6.45, 7) is 5.17. The summed E-state index contributed by atoms with van der Waals surface area (Å²) in [5.41, 5.74) is 0. The van der Waals surface area contributed by atoms with Crippen LogP contribution in [0.25, 0.3) is 0 Å². The van der Waals surface area contributed by atoms with E-state index in [1.54, 1.807) is 4.90 Å². The van der Waals surface area contributed by atoms with E-state index in [0.29, 0.717) is 44.7 Å². The summed E-state index contributed by atoms with van der Waals surface area (Å²) >= 11 is 0. The van der Waals surface area contributed by atoms with Crippen LogP contribution in [0.5, 0.6) is 0 Å². The van der Waals surface area contributed by atoms with Crippen molar-refractivity contribution in [3.05, 3.63) is 0 Å². The van der Waals surface area contributed by atoms with Crippen LogP contribution in [-0.2, 0) is 9.59 Å². The van der Waals surface area contributed by atoms with Gasteiger partial charge in [-0.1, -0.05) is 13.8 Å². The van der Waals surface area contributed by atoms with Gasteiger partial charge in [0.15, 0.2) is 0 Å². The molecule has 102 valence electrons. The Hall–Kier alpha value is -1.57. The minimum absolute atomic E-state index is 0.0179. The summed E-state index contributed by atoms with van der Waals surface area (Å²) < 4.78 is 0. The van der Waals surface area contributed by atoms with E-state index < -0.39 is 5.97 Å². The lowest BCUT2D eigenvalue weighted by Gasteiger charge is -2.23. The van der Waals surface area contributed by atoms with Crippen LogP contribution in [-0.4, -0.2) is 35.0 Å². The van der Waals surface area contributed by atoms with Crippen molar-refractivity contribution in [2.24, 2.45) is 5.92 Å². The number of aliphatic carboxylic acids is 1. The number of carboxylic acid groups (broad SMARTS) is 1. The van der Waals surface area contributed by atoms with Gasteiger partial charge in [0.2, 0.25) is 5.91 Å². The maximum Gasteiger partial charge on any atom is 0.303 e. The summed E-state index contributed by atoms with van der Waals surface area (Å²) in [7, 11) is 0. The van der Waals surface area contributed by atoms with Crippen molar-refractivity contribution in [3.63, 3.8) is 0 Å². The van der Waals surface area contributed by atoms with E-state index in [4.69, 9.17) is 10.4 Å². The first-order valence-corrected chi connectivity index (χ1v) is 6.34. The zero-order valence-electron chi connectivity index (χ0n) is 11.2. The van der Waals surface area contributed by atoms with Crippen molar-refractivity contribution < 1.29 is 14.7 Å². The lowest BCUT2D eigenvalue weighted by Crippen LogP contribution is -2.34. The summed E-state index contributed by atoms with van der Waals surface area (Å²) in [6.07, 6.45) is 1.93. The van der Waals surface area contributed by atoms with Crippen LogP contribution in [0.3, 0.4) is 0 Å². The molecule has 0 heterocycles. The van der Waals surface area contributed by atoms with Gasteiger partial charge in [-0.05, 0) is 18.8 Å². The Balaban J connectivity index is 4.04. The second kappa shape index (κ2) is 9.46. The SMILES string of the molecule is CC(C)CN(CCC#N)C(=O)CCCCC(=O)O. The molecule has 0 spiro atoms. The van der Waals surface area contributed by atoms with Crippen molar-refractivity contribution in [3.8, 4) is 6.07 Å². The van der Waals surface area contributed by atoms with Gasteiger partial charge in [0.05, 0.1) is 12.5 Å². The molecule has 0 fully saturated rings.